The van der Waals surface area contributed by atoms with Gasteiger partial charge in [-0.15, -0.1) is 0 Å². The maximum atomic E-state index is 12.8. The van der Waals surface area contributed by atoms with Gasteiger partial charge in [0.25, 0.3) is 5.09 Å². The number of hydrogen-bond donors (Lipinski definition) is 0. The minimum Gasteiger partial charge on any atom is -0.465 e. The summed E-state index contributed by atoms with van der Waals surface area (Å²) in [5.41, 5.74) is 2.05. The Labute approximate surface area is 162 Å². The molecule has 0 unspecified atom stereocenters. The third kappa shape index (κ3) is 3.94. The average molecular weight is 396 g/mol. The summed E-state index contributed by atoms with van der Waals surface area (Å²) >= 11 is 0. The van der Waals surface area contributed by atoms with E-state index in [0.29, 0.717) is 16.7 Å². The highest BCUT2D eigenvalue weighted by atomic mass is 32.2. The molecule has 1 aromatic heterocycles. The molecule has 0 aliphatic carbocycles. The van der Waals surface area contributed by atoms with Crippen molar-refractivity contribution in [2.24, 2.45) is 0 Å². The van der Waals surface area contributed by atoms with Gasteiger partial charge in [0, 0.05) is 5.56 Å². The van der Waals surface area contributed by atoms with E-state index < -0.39 is 26.7 Å². The summed E-state index contributed by atoms with van der Waals surface area (Å²) < 4.78 is 35.6. The number of aromatic nitrogens is 1. The Hall–Kier alpha value is -3.44. The lowest BCUT2D eigenvalue weighted by Crippen LogP contribution is -2.06. The Kier molecular flexibility index (Phi) is 5.29. The number of carbonyl (C=O) groups excluding carboxylic acids is 1. The van der Waals surface area contributed by atoms with E-state index >= 15 is 0 Å². The van der Waals surface area contributed by atoms with Crippen LogP contribution < -0.4 is 0 Å². The highest BCUT2D eigenvalue weighted by molar-refractivity contribution is 7.90. The first-order chi connectivity index (χ1) is 13.3. The van der Waals surface area contributed by atoms with Gasteiger partial charge in [0.2, 0.25) is 15.7 Å². The van der Waals surface area contributed by atoms with Gasteiger partial charge in [0.05, 0.1) is 18.4 Å². The Morgan fingerprint density at radius 2 is 1.79 bits per heavy atom. The zero-order chi connectivity index (χ0) is 20.3. The lowest BCUT2D eigenvalue weighted by atomic mass is 10.1. The molecule has 28 heavy (non-hydrogen) atoms. The molecule has 1 heterocycles. The molecule has 3 rings (SSSR count). The van der Waals surface area contributed by atoms with Gasteiger partial charge in [0.1, 0.15) is 6.07 Å². The molecule has 3 aromatic rings. The molecule has 8 heteroatoms. The standard InChI is InChI=1S/C20H16N2O5S/c1-13-3-7-15(8-4-13)18-22-17(11-21)20(27-18)28(24,25)12-14-5-9-16(10-6-14)19(23)26-2/h3-10H,12H2,1-2H3. The maximum absolute atomic E-state index is 12.8. The lowest BCUT2D eigenvalue weighted by Gasteiger charge is -2.04. The monoisotopic (exact) mass is 396 g/mol. The Morgan fingerprint density at radius 3 is 2.36 bits per heavy atom. The van der Waals surface area contributed by atoms with Gasteiger partial charge >= 0.3 is 5.97 Å². The van der Waals surface area contributed by atoms with E-state index in [4.69, 9.17) is 4.42 Å². The second-order valence-corrected chi connectivity index (χ2v) is 7.97. The van der Waals surface area contributed by atoms with Crippen LogP contribution in [-0.2, 0) is 20.3 Å². The Bertz CT molecular complexity index is 1150. The van der Waals surface area contributed by atoms with Crippen LogP contribution >= 0.6 is 0 Å². The number of nitrogens with zero attached hydrogens (tertiary/aromatic N) is 2. The van der Waals surface area contributed by atoms with Gasteiger partial charge in [0.15, 0.2) is 5.69 Å². The van der Waals surface area contributed by atoms with E-state index in [1.54, 1.807) is 18.2 Å². The summed E-state index contributed by atoms with van der Waals surface area (Å²) in [7, 11) is -2.69. The number of nitriles is 1. The molecular weight excluding hydrogens is 380 g/mol. The van der Waals surface area contributed by atoms with E-state index in [1.165, 1.54) is 31.4 Å². The van der Waals surface area contributed by atoms with Crippen LogP contribution in [0.5, 0.6) is 0 Å². The van der Waals surface area contributed by atoms with Crippen molar-refractivity contribution in [3.05, 3.63) is 70.9 Å². The van der Waals surface area contributed by atoms with Crippen molar-refractivity contribution in [3.8, 4) is 17.5 Å². The van der Waals surface area contributed by atoms with Crippen molar-refractivity contribution in [1.82, 2.24) is 4.98 Å². The third-order valence-electron chi connectivity index (χ3n) is 4.01. The molecule has 0 spiro atoms. The predicted octanol–water partition coefficient (Wildman–Crippen LogP) is 3.28. The van der Waals surface area contributed by atoms with Gasteiger partial charge in [-0.25, -0.2) is 13.2 Å². The predicted molar refractivity (Wildman–Crippen MR) is 100 cm³/mol. The van der Waals surface area contributed by atoms with Gasteiger partial charge in [-0.2, -0.15) is 10.2 Å². The Morgan fingerprint density at radius 1 is 1.14 bits per heavy atom. The van der Waals surface area contributed by atoms with E-state index in [1.807, 2.05) is 19.1 Å². The minimum absolute atomic E-state index is 0.0659. The molecule has 2 aromatic carbocycles. The summed E-state index contributed by atoms with van der Waals surface area (Å²) in [6, 6.07) is 14.9. The van der Waals surface area contributed by atoms with Crippen LogP contribution in [0.4, 0.5) is 0 Å². The molecule has 0 saturated carbocycles. The SMILES string of the molecule is COC(=O)c1ccc(CS(=O)(=O)c2oc(-c3ccc(C)cc3)nc2C#N)cc1. The first-order valence-electron chi connectivity index (χ1n) is 8.22. The summed E-state index contributed by atoms with van der Waals surface area (Å²) in [5.74, 6) is -0.846. The molecular formula is C20H16N2O5S. The van der Waals surface area contributed by atoms with E-state index in [0.717, 1.165) is 5.56 Å². The number of hydrogen-bond acceptors (Lipinski definition) is 7. The second-order valence-electron chi connectivity index (χ2n) is 6.08. The van der Waals surface area contributed by atoms with Crippen LogP contribution in [-0.4, -0.2) is 26.5 Å². The molecule has 0 bridgehead atoms. The molecule has 0 aliphatic heterocycles. The van der Waals surface area contributed by atoms with E-state index in [9.17, 15) is 18.5 Å². The zero-order valence-corrected chi connectivity index (χ0v) is 16.0. The van der Waals surface area contributed by atoms with Crippen LogP contribution in [0, 0.1) is 18.3 Å². The fourth-order valence-corrected chi connectivity index (χ4v) is 3.90. The van der Waals surface area contributed by atoms with E-state index in [2.05, 4.69) is 9.72 Å². The fourth-order valence-electron chi connectivity index (χ4n) is 2.55. The van der Waals surface area contributed by atoms with Crippen molar-refractivity contribution in [2.75, 3.05) is 7.11 Å². The van der Waals surface area contributed by atoms with Gasteiger partial charge < -0.3 is 9.15 Å². The number of aryl methyl sites for hydroxylation is 1. The third-order valence-corrected chi connectivity index (χ3v) is 5.57. The molecule has 7 nitrogen and oxygen atoms in total. The number of rotatable bonds is 5. The smallest absolute Gasteiger partial charge is 0.337 e. The molecule has 0 aliphatic rings. The number of oxazole rings is 1. The van der Waals surface area contributed by atoms with E-state index in [-0.39, 0.29) is 11.6 Å². The highest BCUT2D eigenvalue weighted by Gasteiger charge is 2.27. The number of esters is 1. The van der Waals surface area contributed by atoms with Crippen molar-refractivity contribution in [3.63, 3.8) is 0 Å². The molecule has 0 amide bonds. The van der Waals surface area contributed by atoms with Crippen LogP contribution in [0.25, 0.3) is 11.5 Å². The molecule has 142 valence electrons. The van der Waals surface area contributed by atoms with Crippen LogP contribution in [0.15, 0.2) is 58.0 Å². The average Bonchev–Trinajstić information content (AvgIpc) is 3.14. The molecule has 0 fully saturated rings. The minimum atomic E-state index is -3.96. The van der Waals surface area contributed by atoms with Crippen molar-refractivity contribution >= 4 is 15.8 Å². The normalized spacial score (nSPS) is 11.0. The number of benzene rings is 2. The second kappa shape index (κ2) is 7.66. The van der Waals surface area contributed by atoms with Crippen LogP contribution in [0.2, 0.25) is 0 Å². The molecule has 0 radical (unpaired) electrons. The summed E-state index contributed by atoms with van der Waals surface area (Å²) in [6.07, 6.45) is 0. The number of ether oxygens (including phenoxy) is 1. The van der Waals surface area contributed by atoms with Crippen LogP contribution in [0.1, 0.15) is 27.2 Å². The van der Waals surface area contributed by atoms with Gasteiger partial charge in [-0.1, -0.05) is 29.8 Å². The topological polar surface area (TPSA) is 110 Å². The first-order valence-corrected chi connectivity index (χ1v) is 9.87. The Balaban J connectivity index is 1.92. The summed E-state index contributed by atoms with van der Waals surface area (Å²) in [5, 5.41) is 8.82. The van der Waals surface area contributed by atoms with Gasteiger partial charge in [-0.05, 0) is 36.8 Å². The highest BCUT2D eigenvalue weighted by Crippen LogP contribution is 2.27. The number of carbonyl (C=O) groups is 1. The zero-order valence-electron chi connectivity index (χ0n) is 15.2. The summed E-state index contributed by atoms with van der Waals surface area (Å²) in [4.78, 5) is 15.5. The van der Waals surface area contributed by atoms with Crippen molar-refractivity contribution < 1.29 is 22.4 Å². The molecule has 0 N–H and O–H groups in total. The number of sulfone groups is 1. The number of methoxy groups -OCH3 is 1. The fraction of sp³-hybridized carbons (Fsp3) is 0.150. The largest absolute Gasteiger partial charge is 0.465 e. The molecule has 0 saturated heterocycles. The van der Waals surface area contributed by atoms with Crippen molar-refractivity contribution in [2.45, 2.75) is 17.8 Å². The lowest BCUT2D eigenvalue weighted by molar-refractivity contribution is 0.0600. The molecule has 0 atom stereocenters. The quantitative estimate of drug-likeness (QED) is 0.609. The maximum Gasteiger partial charge on any atom is 0.337 e. The van der Waals surface area contributed by atoms with Crippen molar-refractivity contribution in [1.29, 1.82) is 5.26 Å². The summed E-state index contributed by atoms with van der Waals surface area (Å²) in [6.45, 7) is 1.92. The first kappa shape index (κ1) is 19.3. The van der Waals surface area contributed by atoms with Gasteiger partial charge in [-0.3, -0.25) is 0 Å². The van der Waals surface area contributed by atoms with Crippen LogP contribution in [0.3, 0.4) is 0 Å².